The minimum atomic E-state index is -0.131. The Morgan fingerprint density at radius 1 is 1.40 bits per heavy atom. The Kier molecular flexibility index (Phi) is 3.93. The second-order valence-corrected chi connectivity index (χ2v) is 7.61. The number of nitrogens with zero attached hydrogens (tertiary/aromatic N) is 2. The molecule has 0 radical (unpaired) electrons. The number of benzene rings is 1. The Bertz CT molecular complexity index is 850. The highest BCUT2D eigenvalue weighted by molar-refractivity contribution is 5.99. The van der Waals surface area contributed by atoms with E-state index >= 15 is 0 Å². The monoisotopic (exact) mass is 338 g/mol. The molecule has 0 saturated heterocycles. The maximum absolute atomic E-state index is 12.7. The zero-order chi connectivity index (χ0) is 17.7. The lowest BCUT2D eigenvalue weighted by molar-refractivity contribution is -0.129. The van der Waals surface area contributed by atoms with Crippen molar-refractivity contribution in [3.63, 3.8) is 0 Å². The summed E-state index contributed by atoms with van der Waals surface area (Å²) in [5.74, 6) is -0.0609. The average Bonchev–Trinajstić information content (AvgIpc) is 3.00. The van der Waals surface area contributed by atoms with Crippen molar-refractivity contribution in [3.05, 3.63) is 41.6 Å². The van der Waals surface area contributed by atoms with Crippen molar-refractivity contribution in [2.75, 3.05) is 20.6 Å². The van der Waals surface area contributed by atoms with Crippen LogP contribution in [-0.4, -0.2) is 53.5 Å². The van der Waals surface area contributed by atoms with Crippen LogP contribution in [0.5, 0.6) is 0 Å². The first kappa shape index (κ1) is 16.4. The topological polar surface area (TPSA) is 51.4 Å². The average molecular weight is 338 g/mol. The summed E-state index contributed by atoms with van der Waals surface area (Å²) in [6.07, 6.45) is 5.33. The molecule has 2 heterocycles. The molecule has 1 aromatic heterocycles. The van der Waals surface area contributed by atoms with Crippen molar-refractivity contribution in [3.8, 4) is 0 Å². The van der Waals surface area contributed by atoms with Crippen LogP contribution in [0.2, 0.25) is 0 Å². The zero-order valence-corrected chi connectivity index (χ0v) is 15.3. The number of carbonyl (C=O) groups is 1. The van der Waals surface area contributed by atoms with Gasteiger partial charge in [0.1, 0.15) is 0 Å². The minimum absolute atomic E-state index is 0.0704. The number of nitrogens with one attached hydrogen (secondary N) is 2. The number of carbonyl (C=O) groups excluding carboxylic acids is 1. The summed E-state index contributed by atoms with van der Waals surface area (Å²) in [6, 6.07) is 7.03. The molecule has 2 aliphatic rings. The van der Waals surface area contributed by atoms with E-state index < -0.39 is 0 Å². The van der Waals surface area contributed by atoms with Crippen LogP contribution in [0.15, 0.2) is 30.5 Å². The molecule has 4 rings (SSSR count). The summed E-state index contributed by atoms with van der Waals surface area (Å²) in [5, 5.41) is 3.19. The van der Waals surface area contributed by atoms with E-state index in [0.717, 1.165) is 13.0 Å². The molecular formula is C20H26N4O. The zero-order valence-electron chi connectivity index (χ0n) is 15.3. The highest BCUT2D eigenvalue weighted by atomic mass is 16.2. The number of H-pyrrole nitrogens is 1. The smallest absolute Gasteiger partial charge is 0.242 e. The quantitative estimate of drug-likeness (QED) is 0.845. The fraction of sp³-hybridized carbons (Fsp3) is 0.450. The Labute approximate surface area is 148 Å². The third-order valence-electron chi connectivity index (χ3n) is 5.67. The number of rotatable bonds is 3. The predicted molar refractivity (Wildman–Crippen MR) is 101 cm³/mol. The van der Waals surface area contributed by atoms with Gasteiger partial charge >= 0.3 is 0 Å². The lowest BCUT2D eigenvalue weighted by Gasteiger charge is -2.39. The molecule has 5 nitrogen and oxygen atoms in total. The van der Waals surface area contributed by atoms with E-state index in [9.17, 15) is 4.79 Å². The summed E-state index contributed by atoms with van der Waals surface area (Å²) in [6.45, 7) is 4.88. The fourth-order valence-corrected chi connectivity index (χ4v) is 4.00. The van der Waals surface area contributed by atoms with Gasteiger partial charge in [0.05, 0.1) is 5.92 Å². The molecule has 1 aromatic carbocycles. The van der Waals surface area contributed by atoms with Crippen LogP contribution in [0.1, 0.15) is 25.0 Å². The SMILES string of the molecule is CC(C)N(C)NC(=O)C1C=C2c3cccc4[nH]cc(c34)CC2N(C)C1. The van der Waals surface area contributed by atoms with Crippen LogP contribution < -0.4 is 5.43 Å². The maximum Gasteiger partial charge on any atom is 0.242 e. The Hall–Kier alpha value is -2.11. The molecule has 1 amide bonds. The van der Waals surface area contributed by atoms with Gasteiger partial charge in [-0.25, -0.2) is 5.01 Å². The van der Waals surface area contributed by atoms with Crippen molar-refractivity contribution in [2.24, 2.45) is 5.92 Å². The van der Waals surface area contributed by atoms with E-state index in [0.29, 0.717) is 6.04 Å². The molecule has 1 aliphatic carbocycles. The second kappa shape index (κ2) is 6.00. The maximum atomic E-state index is 12.7. The van der Waals surface area contributed by atoms with Gasteiger partial charge in [-0.05, 0) is 50.1 Å². The molecule has 25 heavy (non-hydrogen) atoms. The van der Waals surface area contributed by atoms with Crippen LogP contribution in [0.25, 0.3) is 16.5 Å². The summed E-state index contributed by atoms with van der Waals surface area (Å²) >= 11 is 0. The number of aromatic amines is 1. The molecule has 0 spiro atoms. The summed E-state index contributed by atoms with van der Waals surface area (Å²) in [4.78, 5) is 18.4. The minimum Gasteiger partial charge on any atom is -0.361 e. The third-order valence-corrected chi connectivity index (χ3v) is 5.67. The van der Waals surface area contributed by atoms with E-state index in [1.807, 2.05) is 12.1 Å². The van der Waals surface area contributed by atoms with Gasteiger partial charge in [-0.1, -0.05) is 18.2 Å². The van der Waals surface area contributed by atoms with E-state index in [1.165, 1.54) is 27.6 Å². The Balaban J connectivity index is 1.71. The van der Waals surface area contributed by atoms with E-state index in [-0.39, 0.29) is 17.9 Å². The van der Waals surface area contributed by atoms with Gasteiger partial charge in [0, 0.05) is 42.8 Å². The van der Waals surface area contributed by atoms with Crippen molar-refractivity contribution in [2.45, 2.75) is 32.4 Å². The highest BCUT2D eigenvalue weighted by Crippen LogP contribution is 2.40. The second-order valence-electron chi connectivity index (χ2n) is 7.61. The molecule has 5 heteroatoms. The highest BCUT2D eigenvalue weighted by Gasteiger charge is 2.35. The van der Waals surface area contributed by atoms with Gasteiger partial charge in [-0.2, -0.15) is 0 Å². The number of fused-ring (bicyclic) bond motifs is 2. The van der Waals surface area contributed by atoms with Crippen LogP contribution in [0.4, 0.5) is 0 Å². The number of aromatic nitrogens is 1. The van der Waals surface area contributed by atoms with Gasteiger partial charge in [0.25, 0.3) is 0 Å². The van der Waals surface area contributed by atoms with Crippen molar-refractivity contribution in [1.29, 1.82) is 0 Å². The third kappa shape index (κ3) is 2.68. The molecule has 2 unspecified atom stereocenters. The van der Waals surface area contributed by atoms with E-state index in [1.54, 1.807) is 0 Å². The molecule has 2 N–H and O–H groups in total. The van der Waals surface area contributed by atoms with Gasteiger partial charge in [0.15, 0.2) is 0 Å². The summed E-state index contributed by atoms with van der Waals surface area (Å²) in [7, 11) is 4.04. The lowest BCUT2D eigenvalue weighted by Crippen LogP contribution is -2.50. The standard InChI is InChI=1S/C20H26N4O/c1-12(2)24(4)22-20(25)14-8-16-15-6-5-7-17-19(15)13(10-21-17)9-18(16)23(3)11-14/h5-8,10,12,14,18,21H,9,11H2,1-4H3,(H,22,25). The van der Waals surface area contributed by atoms with Gasteiger partial charge < -0.3 is 4.98 Å². The predicted octanol–water partition coefficient (Wildman–Crippen LogP) is 2.41. The molecule has 0 fully saturated rings. The molecule has 0 bridgehead atoms. The fourth-order valence-electron chi connectivity index (χ4n) is 4.00. The van der Waals surface area contributed by atoms with Gasteiger partial charge in [-0.15, -0.1) is 0 Å². The van der Waals surface area contributed by atoms with E-state index in [4.69, 9.17) is 0 Å². The first-order chi connectivity index (χ1) is 12.0. The molecule has 132 valence electrons. The lowest BCUT2D eigenvalue weighted by atomic mass is 9.80. The van der Waals surface area contributed by atoms with Crippen LogP contribution in [-0.2, 0) is 11.2 Å². The molecule has 1 aliphatic heterocycles. The Morgan fingerprint density at radius 2 is 2.20 bits per heavy atom. The van der Waals surface area contributed by atoms with Crippen LogP contribution in [0, 0.1) is 5.92 Å². The largest absolute Gasteiger partial charge is 0.361 e. The van der Waals surface area contributed by atoms with Gasteiger partial charge in [-0.3, -0.25) is 15.1 Å². The number of hydrogen-bond donors (Lipinski definition) is 2. The normalized spacial score (nSPS) is 23.0. The van der Waals surface area contributed by atoms with Crippen LogP contribution in [0.3, 0.4) is 0 Å². The van der Waals surface area contributed by atoms with Crippen molar-refractivity contribution in [1.82, 2.24) is 20.3 Å². The molecule has 2 atom stereocenters. The molecule has 2 aromatic rings. The van der Waals surface area contributed by atoms with E-state index in [2.05, 4.69) is 66.7 Å². The number of amides is 1. The number of likely N-dealkylation sites (N-methyl/N-ethyl adjacent to an activating group) is 1. The number of hydrogen-bond acceptors (Lipinski definition) is 3. The molecular weight excluding hydrogens is 312 g/mol. The van der Waals surface area contributed by atoms with Gasteiger partial charge in [0.2, 0.25) is 5.91 Å². The van der Waals surface area contributed by atoms with Crippen LogP contribution >= 0.6 is 0 Å². The summed E-state index contributed by atoms with van der Waals surface area (Å²) < 4.78 is 0. The van der Waals surface area contributed by atoms with Crippen molar-refractivity contribution < 1.29 is 4.79 Å². The van der Waals surface area contributed by atoms with Crippen molar-refractivity contribution >= 4 is 22.4 Å². The number of hydrazine groups is 1. The molecule has 0 saturated carbocycles. The first-order valence-corrected chi connectivity index (χ1v) is 9.00. The first-order valence-electron chi connectivity index (χ1n) is 9.00. The Morgan fingerprint density at radius 3 is 2.96 bits per heavy atom. The summed E-state index contributed by atoms with van der Waals surface area (Å²) in [5.41, 5.74) is 8.14.